The van der Waals surface area contributed by atoms with Crippen LogP contribution in [0, 0.1) is 17.3 Å². The number of aliphatic hydroxyl groups is 1. The molecule has 29 heavy (non-hydrogen) atoms. The lowest BCUT2D eigenvalue weighted by Crippen LogP contribution is -2.72. The first-order chi connectivity index (χ1) is 14.3. The van der Waals surface area contributed by atoms with Crippen LogP contribution in [0.25, 0.3) is 0 Å². The molecule has 0 radical (unpaired) electrons. The van der Waals surface area contributed by atoms with Gasteiger partial charge in [0.25, 0.3) is 0 Å². The van der Waals surface area contributed by atoms with Crippen LogP contribution in [0.1, 0.15) is 64.2 Å². The third-order valence-electron chi connectivity index (χ3n) is 8.51. The molecule has 1 spiro atoms. The molecule has 0 saturated carbocycles. The quantitative estimate of drug-likeness (QED) is 0.609. The van der Waals surface area contributed by atoms with Gasteiger partial charge in [0.2, 0.25) is 0 Å². The third-order valence-corrected chi connectivity index (χ3v) is 8.51. The standard InChI is InChI=1S/C26H40N2O/c29-23-19-27-15-11-7-3-1-5-9-13-21-17-22-18-28-16-12-8-4-2-6-10-14-26(20-27,24(22)23)25(21)28/h1-2,5-6,17,22-25,29H,3-4,7-16,18-20H2/b5-1-,6-2-/t22-,23?,24?,25-,26?/m1/s1. The molecule has 3 heteroatoms. The van der Waals surface area contributed by atoms with Crippen molar-refractivity contribution in [3.8, 4) is 0 Å². The molecule has 7 atom stereocenters. The lowest BCUT2D eigenvalue weighted by molar-refractivity contribution is -0.160. The topological polar surface area (TPSA) is 26.7 Å². The fourth-order valence-corrected chi connectivity index (χ4v) is 7.55. The van der Waals surface area contributed by atoms with Crippen LogP contribution < -0.4 is 0 Å². The Kier molecular flexibility index (Phi) is 6.00. The molecule has 0 aromatic heterocycles. The summed E-state index contributed by atoms with van der Waals surface area (Å²) in [5.74, 6) is 1.00. The predicted molar refractivity (Wildman–Crippen MR) is 120 cm³/mol. The van der Waals surface area contributed by atoms with E-state index < -0.39 is 0 Å². The molecule has 2 fully saturated rings. The van der Waals surface area contributed by atoms with Crippen LogP contribution in [0.2, 0.25) is 0 Å². The molecule has 5 heterocycles. The summed E-state index contributed by atoms with van der Waals surface area (Å²) in [5, 5.41) is 11.4. The minimum Gasteiger partial charge on any atom is -0.391 e. The molecule has 6 bridgehead atoms. The highest BCUT2D eigenvalue weighted by atomic mass is 16.3. The minimum atomic E-state index is -0.159. The molecule has 0 aromatic rings. The zero-order chi connectivity index (χ0) is 19.7. The Morgan fingerprint density at radius 3 is 2.48 bits per heavy atom. The Morgan fingerprint density at radius 1 is 0.862 bits per heavy atom. The smallest absolute Gasteiger partial charge is 0.0707 e. The summed E-state index contributed by atoms with van der Waals surface area (Å²) >= 11 is 0. The second-order valence-electron chi connectivity index (χ2n) is 10.4. The van der Waals surface area contributed by atoms with E-state index in [0.29, 0.717) is 17.9 Å². The Balaban J connectivity index is 1.57. The first-order valence-electron chi connectivity index (χ1n) is 12.4. The first-order valence-corrected chi connectivity index (χ1v) is 12.4. The van der Waals surface area contributed by atoms with Gasteiger partial charge in [0.15, 0.2) is 0 Å². The SMILES string of the molecule is OC1CN2CCCC/C=C\CCC3=C[C@@H]4CN5CCCC/C=C\CCC(C2)(C14)[C@@H]35. The fraction of sp³-hybridized carbons (Fsp3) is 0.769. The molecular formula is C26H40N2O. The minimum absolute atomic E-state index is 0.159. The maximum absolute atomic E-state index is 11.4. The van der Waals surface area contributed by atoms with Gasteiger partial charge in [-0.2, -0.15) is 0 Å². The van der Waals surface area contributed by atoms with E-state index in [1.807, 2.05) is 0 Å². The van der Waals surface area contributed by atoms with Gasteiger partial charge in [0.05, 0.1) is 6.10 Å². The first kappa shape index (κ1) is 20.0. The summed E-state index contributed by atoms with van der Waals surface area (Å²) in [6.45, 7) is 5.68. The molecule has 5 unspecified atom stereocenters. The number of fused-ring (bicyclic) bond motifs is 1. The van der Waals surface area contributed by atoms with Crippen molar-refractivity contribution in [1.82, 2.24) is 9.80 Å². The van der Waals surface area contributed by atoms with Gasteiger partial charge < -0.3 is 10.0 Å². The van der Waals surface area contributed by atoms with Crippen molar-refractivity contribution in [1.29, 1.82) is 0 Å². The van der Waals surface area contributed by atoms with E-state index in [1.165, 1.54) is 83.8 Å². The van der Waals surface area contributed by atoms with Crippen LogP contribution in [0.15, 0.2) is 36.0 Å². The van der Waals surface area contributed by atoms with Crippen LogP contribution in [0.5, 0.6) is 0 Å². The summed E-state index contributed by atoms with van der Waals surface area (Å²) in [6.07, 6.45) is 24.7. The number of hydrogen-bond acceptors (Lipinski definition) is 3. The summed E-state index contributed by atoms with van der Waals surface area (Å²) in [5.41, 5.74) is 1.94. The lowest BCUT2D eigenvalue weighted by atomic mass is 9.51. The summed E-state index contributed by atoms with van der Waals surface area (Å²) in [7, 11) is 0. The van der Waals surface area contributed by atoms with E-state index in [1.54, 1.807) is 5.57 Å². The number of rotatable bonds is 0. The molecule has 5 aliphatic heterocycles. The number of aliphatic hydroxyl groups excluding tert-OH is 1. The lowest BCUT2D eigenvalue weighted by Gasteiger charge is -2.65. The van der Waals surface area contributed by atoms with Gasteiger partial charge in [-0.15, -0.1) is 0 Å². The number of piperidine rings is 2. The fourth-order valence-electron chi connectivity index (χ4n) is 7.55. The zero-order valence-electron chi connectivity index (χ0n) is 18.1. The number of allylic oxidation sites excluding steroid dienone is 4. The number of hydrogen-bond donors (Lipinski definition) is 1. The van der Waals surface area contributed by atoms with Crippen molar-refractivity contribution in [2.24, 2.45) is 17.3 Å². The van der Waals surface area contributed by atoms with Crippen molar-refractivity contribution in [3.63, 3.8) is 0 Å². The van der Waals surface area contributed by atoms with Crippen molar-refractivity contribution < 1.29 is 5.11 Å². The highest BCUT2D eigenvalue weighted by molar-refractivity contribution is 5.31. The Bertz CT molecular complexity index is 668. The zero-order valence-corrected chi connectivity index (χ0v) is 18.1. The summed E-state index contributed by atoms with van der Waals surface area (Å²) in [4.78, 5) is 5.50. The largest absolute Gasteiger partial charge is 0.391 e. The van der Waals surface area contributed by atoms with E-state index in [2.05, 4.69) is 40.2 Å². The van der Waals surface area contributed by atoms with E-state index >= 15 is 0 Å². The highest BCUT2D eigenvalue weighted by Gasteiger charge is 2.61. The number of nitrogens with zero attached hydrogens (tertiary/aromatic N) is 2. The Hall–Kier alpha value is -0.900. The molecule has 6 rings (SSSR count). The van der Waals surface area contributed by atoms with Crippen molar-refractivity contribution in [2.75, 3.05) is 32.7 Å². The van der Waals surface area contributed by atoms with Gasteiger partial charge in [-0.3, -0.25) is 4.90 Å². The van der Waals surface area contributed by atoms with Crippen molar-refractivity contribution in [3.05, 3.63) is 36.0 Å². The highest BCUT2D eigenvalue weighted by Crippen LogP contribution is 2.57. The van der Waals surface area contributed by atoms with Crippen LogP contribution in [0.3, 0.4) is 0 Å². The average molecular weight is 397 g/mol. The van der Waals surface area contributed by atoms with E-state index in [9.17, 15) is 5.11 Å². The molecule has 3 nitrogen and oxygen atoms in total. The van der Waals surface area contributed by atoms with Crippen molar-refractivity contribution in [2.45, 2.75) is 76.4 Å². The third kappa shape index (κ3) is 3.79. The van der Waals surface area contributed by atoms with Crippen LogP contribution in [-0.2, 0) is 0 Å². The molecule has 6 aliphatic rings. The van der Waals surface area contributed by atoms with Gasteiger partial charge >= 0.3 is 0 Å². The normalized spacial score (nSPS) is 47.7. The molecular weight excluding hydrogens is 356 g/mol. The van der Waals surface area contributed by atoms with E-state index in [-0.39, 0.29) is 11.5 Å². The summed E-state index contributed by atoms with van der Waals surface area (Å²) in [6, 6.07) is 0.551. The van der Waals surface area contributed by atoms with E-state index in [0.717, 1.165) is 13.1 Å². The van der Waals surface area contributed by atoms with Crippen molar-refractivity contribution >= 4 is 0 Å². The van der Waals surface area contributed by atoms with Gasteiger partial charge in [0.1, 0.15) is 0 Å². The molecule has 0 amide bonds. The maximum Gasteiger partial charge on any atom is 0.0707 e. The molecule has 0 aromatic carbocycles. The summed E-state index contributed by atoms with van der Waals surface area (Å²) < 4.78 is 0. The van der Waals surface area contributed by atoms with Crippen LogP contribution in [-0.4, -0.2) is 59.8 Å². The van der Waals surface area contributed by atoms with Gasteiger partial charge in [-0.25, -0.2) is 0 Å². The van der Waals surface area contributed by atoms with Gasteiger partial charge in [-0.1, -0.05) is 36.0 Å². The molecule has 1 aliphatic carbocycles. The second-order valence-corrected chi connectivity index (χ2v) is 10.4. The van der Waals surface area contributed by atoms with Gasteiger partial charge in [-0.05, 0) is 83.2 Å². The van der Waals surface area contributed by atoms with Gasteiger partial charge in [0, 0.05) is 37.0 Å². The van der Waals surface area contributed by atoms with E-state index in [4.69, 9.17) is 0 Å². The Labute approximate surface area is 177 Å². The average Bonchev–Trinajstić information content (AvgIpc) is 2.73. The predicted octanol–water partition coefficient (Wildman–Crippen LogP) is 4.55. The van der Waals surface area contributed by atoms with Crippen LogP contribution in [0.4, 0.5) is 0 Å². The molecule has 1 N–H and O–H groups in total. The molecule has 2 saturated heterocycles. The van der Waals surface area contributed by atoms with Crippen LogP contribution >= 0.6 is 0 Å². The maximum atomic E-state index is 11.4. The Morgan fingerprint density at radius 2 is 1.62 bits per heavy atom. The monoisotopic (exact) mass is 396 g/mol. The second kappa shape index (κ2) is 8.69. The molecule has 160 valence electrons.